The molecule has 0 bridgehead atoms. The van der Waals surface area contributed by atoms with E-state index in [2.05, 4.69) is 10.4 Å². The lowest BCUT2D eigenvalue weighted by Crippen LogP contribution is -2.24. The molecule has 0 saturated heterocycles. The number of halogens is 4. The maximum absolute atomic E-state index is 13.2. The molecule has 5 nitrogen and oxygen atoms in total. The first-order valence-corrected chi connectivity index (χ1v) is 7.84. The molecule has 126 valence electrons. The Labute approximate surface area is 129 Å². The van der Waals surface area contributed by atoms with Gasteiger partial charge in [-0.15, -0.1) is 0 Å². The Hall–Kier alpha value is -2.10. The van der Waals surface area contributed by atoms with E-state index in [-0.39, 0.29) is 12.2 Å². The first-order chi connectivity index (χ1) is 10.5. The molecule has 0 atom stereocenters. The number of nitrogens with zero attached hydrogens (tertiary/aromatic N) is 2. The molecule has 0 aliphatic rings. The van der Waals surface area contributed by atoms with E-state index in [0.717, 1.165) is 17.8 Å². The molecule has 0 radical (unpaired) electrons. The first-order valence-electron chi connectivity index (χ1n) is 6.36. The molecule has 1 heterocycles. The standard InChI is InChI=1S/C13H13F4N3O2S/c1-8-9(7-19-20(8)2)6-18-11-4-3-10(14)5-12(11)23(21,22)13(15,16)17/h3-5,7,18H,6H2,1-2H3. The van der Waals surface area contributed by atoms with Crippen LogP contribution in [0.25, 0.3) is 0 Å². The van der Waals surface area contributed by atoms with Gasteiger partial charge in [0.1, 0.15) is 10.7 Å². The summed E-state index contributed by atoms with van der Waals surface area (Å²) in [7, 11) is -3.97. The number of benzene rings is 1. The summed E-state index contributed by atoms with van der Waals surface area (Å²) in [4.78, 5) is -1.15. The third-order valence-electron chi connectivity index (χ3n) is 3.34. The molecule has 0 saturated carbocycles. The van der Waals surface area contributed by atoms with Gasteiger partial charge in [-0.3, -0.25) is 4.68 Å². The third-order valence-corrected chi connectivity index (χ3v) is 4.87. The van der Waals surface area contributed by atoms with Crippen molar-refractivity contribution in [2.75, 3.05) is 5.32 Å². The molecule has 2 rings (SSSR count). The highest BCUT2D eigenvalue weighted by molar-refractivity contribution is 7.92. The largest absolute Gasteiger partial charge is 0.501 e. The van der Waals surface area contributed by atoms with Gasteiger partial charge in [-0.2, -0.15) is 18.3 Å². The van der Waals surface area contributed by atoms with Gasteiger partial charge in [0.25, 0.3) is 9.84 Å². The monoisotopic (exact) mass is 351 g/mol. The Morgan fingerprint density at radius 2 is 1.96 bits per heavy atom. The van der Waals surface area contributed by atoms with Crippen LogP contribution in [0.3, 0.4) is 0 Å². The molecule has 2 aromatic rings. The fourth-order valence-corrected chi connectivity index (χ4v) is 2.84. The van der Waals surface area contributed by atoms with Gasteiger partial charge in [0.05, 0.1) is 11.9 Å². The predicted molar refractivity (Wildman–Crippen MR) is 74.9 cm³/mol. The number of anilines is 1. The number of nitrogens with one attached hydrogen (secondary N) is 1. The minimum Gasteiger partial charge on any atom is -0.380 e. The molecule has 0 amide bonds. The van der Waals surface area contributed by atoms with Crippen molar-refractivity contribution >= 4 is 15.5 Å². The number of aromatic nitrogens is 2. The molecule has 0 unspecified atom stereocenters. The van der Waals surface area contributed by atoms with Crippen LogP contribution in [0.15, 0.2) is 29.3 Å². The lowest BCUT2D eigenvalue weighted by molar-refractivity contribution is -0.0435. The molecule has 10 heteroatoms. The zero-order chi connectivity index (χ0) is 17.4. The van der Waals surface area contributed by atoms with Crippen LogP contribution in [0, 0.1) is 12.7 Å². The van der Waals surface area contributed by atoms with E-state index in [9.17, 15) is 26.0 Å². The fourth-order valence-electron chi connectivity index (χ4n) is 1.90. The SMILES string of the molecule is Cc1c(CNc2ccc(F)cc2S(=O)(=O)C(F)(F)F)cnn1C. The Morgan fingerprint density at radius 3 is 2.48 bits per heavy atom. The van der Waals surface area contributed by atoms with E-state index in [1.807, 2.05) is 0 Å². The average Bonchev–Trinajstić information content (AvgIpc) is 2.76. The summed E-state index contributed by atoms with van der Waals surface area (Å²) in [5.74, 6) is -1.07. The van der Waals surface area contributed by atoms with E-state index >= 15 is 0 Å². The molecule has 23 heavy (non-hydrogen) atoms. The predicted octanol–water partition coefficient (Wildman–Crippen LogP) is 2.77. The highest BCUT2D eigenvalue weighted by Gasteiger charge is 2.48. The quantitative estimate of drug-likeness (QED) is 0.861. The van der Waals surface area contributed by atoms with Crippen molar-refractivity contribution in [1.82, 2.24) is 9.78 Å². The van der Waals surface area contributed by atoms with Gasteiger partial charge in [0.2, 0.25) is 0 Å². The van der Waals surface area contributed by atoms with Crippen LogP contribution in [-0.2, 0) is 23.4 Å². The molecule has 0 spiro atoms. The number of alkyl halides is 3. The molecule has 1 N–H and O–H groups in total. The summed E-state index contributed by atoms with van der Waals surface area (Å²) in [6.45, 7) is 1.80. The first kappa shape index (κ1) is 17.3. The topological polar surface area (TPSA) is 64.0 Å². The maximum atomic E-state index is 13.2. The molecule has 1 aromatic heterocycles. The van der Waals surface area contributed by atoms with Gasteiger partial charge in [0, 0.05) is 24.8 Å². The van der Waals surface area contributed by atoms with Crippen molar-refractivity contribution in [3.05, 3.63) is 41.5 Å². The summed E-state index contributed by atoms with van der Waals surface area (Å²) in [6, 6.07) is 2.19. The third kappa shape index (κ3) is 3.31. The number of sulfone groups is 1. The van der Waals surface area contributed by atoms with Crippen LogP contribution in [0.4, 0.5) is 23.2 Å². The van der Waals surface area contributed by atoms with Crippen LogP contribution < -0.4 is 5.32 Å². The summed E-state index contributed by atoms with van der Waals surface area (Å²) in [6.07, 6.45) is 1.50. The molecular formula is C13H13F4N3O2S. The second kappa shape index (κ2) is 5.84. The van der Waals surface area contributed by atoms with Crippen LogP contribution >= 0.6 is 0 Å². The van der Waals surface area contributed by atoms with Crippen molar-refractivity contribution in [1.29, 1.82) is 0 Å². The molecule has 0 aliphatic heterocycles. The minimum absolute atomic E-state index is 0.0473. The van der Waals surface area contributed by atoms with Crippen molar-refractivity contribution in [3.63, 3.8) is 0 Å². The Kier molecular flexibility index (Phi) is 4.38. The van der Waals surface area contributed by atoms with Gasteiger partial charge in [-0.25, -0.2) is 12.8 Å². The number of hydrogen-bond acceptors (Lipinski definition) is 4. The zero-order valence-corrected chi connectivity index (χ0v) is 13.0. The Bertz CT molecular complexity index is 828. The fraction of sp³-hybridized carbons (Fsp3) is 0.308. The highest BCUT2D eigenvalue weighted by Crippen LogP contribution is 2.35. The minimum atomic E-state index is -5.66. The van der Waals surface area contributed by atoms with E-state index < -0.39 is 26.1 Å². The normalized spacial score (nSPS) is 12.4. The van der Waals surface area contributed by atoms with Crippen molar-refractivity contribution in [3.8, 4) is 0 Å². The van der Waals surface area contributed by atoms with Gasteiger partial charge in [-0.1, -0.05) is 0 Å². The van der Waals surface area contributed by atoms with Crippen LogP contribution in [-0.4, -0.2) is 23.7 Å². The lowest BCUT2D eigenvalue weighted by Gasteiger charge is -2.14. The summed E-state index contributed by atoms with van der Waals surface area (Å²) in [5, 5.41) is 6.56. The Balaban J connectivity index is 2.39. The highest BCUT2D eigenvalue weighted by atomic mass is 32.2. The summed E-state index contributed by atoms with van der Waals surface area (Å²) < 4.78 is 76.0. The number of hydrogen-bond donors (Lipinski definition) is 1. The van der Waals surface area contributed by atoms with Crippen LogP contribution in [0.2, 0.25) is 0 Å². The van der Waals surface area contributed by atoms with E-state index in [1.54, 1.807) is 18.7 Å². The van der Waals surface area contributed by atoms with Crippen molar-refractivity contribution in [2.45, 2.75) is 23.9 Å². The molecule has 1 aromatic carbocycles. The van der Waals surface area contributed by atoms with Crippen LogP contribution in [0.5, 0.6) is 0 Å². The molecule has 0 aliphatic carbocycles. The van der Waals surface area contributed by atoms with Gasteiger partial charge in [0.15, 0.2) is 0 Å². The number of aryl methyl sites for hydroxylation is 1. The Morgan fingerprint density at radius 1 is 1.30 bits per heavy atom. The van der Waals surface area contributed by atoms with Gasteiger partial charge < -0.3 is 5.32 Å². The smallest absolute Gasteiger partial charge is 0.380 e. The van der Waals surface area contributed by atoms with E-state index in [0.29, 0.717) is 11.6 Å². The van der Waals surface area contributed by atoms with Crippen molar-refractivity contribution < 1.29 is 26.0 Å². The molecular weight excluding hydrogens is 338 g/mol. The van der Waals surface area contributed by atoms with Gasteiger partial charge >= 0.3 is 5.51 Å². The van der Waals surface area contributed by atoms with Crippen molar-refractivity contribution in [2.24, 2.45) is 7.05 Å². The molecule has 0 fully saturated rings. The van der Waals surface area contributed by atoms with Crippen LogP contribution in [0.1, 0.15) is 11.3 Å². The second-order valence-electron chi connectivity index (χ2n) is 4.82. The zero-order valence-electron chi connectivity index (χ0n) is 12.1. The second-order valence-corrected chi connectivity index (χ2v) is 6.73. The average molecular weight is 351 g/mol. The van der Waals surface area contributed by atoms with E-state index in [1.165, 1.54) is 6.20 Å². The summed E-state index contributed by atoms with van der Waals surface area (Å²) >= 11 is 0. The summed E-state index contributed by atoms with van der Waals surface area (Å²) in [5.41, 5.74) is -4.40. The maximum Gasteiger partial charge on any atom is 0.501 e. The number of rotatable bonds is 4. The van der Waals surface area contributed by atoms with Gasteiger partial charge in [-0.05, 0) is 25.1 Å². The lowest BCUT2D eigenvalue weighted by atomic mass is 10.2. The van der Waals surface area contributed by atoms with E-state index in [4.69, 9.17) is 0 Å².